The van der Waals surface area contributed by atoms with Crippen LogP contribution in [0.5, 0.6) is 11.5 Å². The van der Waals surface area contributed by atoms with Gasteiger partial charge in [-0.15, -0.1) is 0 Å². The molecule has 0 spiro atoms. The summed E-state index contributed by atoms with van der Waals surface area (Å²) in [4.78, 5) is 15.1. The Balaban J connectivity index is 1.59. The second-order valence-corrected chi connectivity index (χ2v) is 8.66. The first-order chi connectivity index (χ1) is 14.5. The summed E-state index contributed by atoms with van der Waals surface area (Å²) in [6.07, 6.45) is 2.28. The van der Waals surface area contributed by atoms with Crippen LogP contribution in [0.3, 0.4) is 0 Å². The first-order valence-electron chi connectivity index (χ1n) is 10.7. The van der Waals surface area contributed by atoms with Crippen LogP contribution in [0.2, 0.25) is 0 Å². The lowest BCUT2D eigenvalue weighted by molar-refractivity contribution is -0.130. The number of ether oxygens (including phenoxy) is 2. The van der Waals surface area contributed by atoms with Crippen molar-refractivity contribution in [2.75, 3.05) is 27.3 Å². The van der Waals surface area contributed by atoms with Crippen molar-refractivity contribution in [2.24, 2.45) is 17.8 Å². The molecule has 4 atom stereocenters. The Labute approximate surface area is 178 Å². The summed E-state index contributed by atoms with van der Waals surface area (Å²) in [7, 11) is 3.27. The topological polar surface area (TPSA) is 59.0 Å². The predicted octanol–water partition coefficient (Wildman–Crippen LogP) is 3.64. The summed E-state index contributed by atoms with van der Waals surface area (Å²) in [5, 5.41) is 12.0. The second kappa shape index (κ2) is 8.31. The zero-order chi connectivity index (χ0) is 21.3. The molecule has 1 saturated carbocycles. The largest absolute Gasteiger partial charge is 0.496 e. The lowest BCUT2D eigenvalue weighted by atomic mass is 9.62. The van der Waals surface area contributed by atoms with Crippen LogP contribution >= 0.6 is 0 Å². The van der Waals surface area contributed by atoms with Gasteiger partial charge in [0.15, 0.2) is 0 Å². The summed E-state index contributed by atoms with van der Waals surface area (Å²) >= 11 is 0. The smallest absolute Gasteiger partial charge is 0.227 e. The van der Waals surface area contributed by atoms with E-state index in [4.69, 9.17) is 9.47 Å². The molecule has 1 N–H and O–H groups in total. The highest BCUT2D eigenvalue weighted by Gasteiger charge is 2.54. The van der Waals surface area contributed by atoms with Crippen molar-refractivity contribution in [1.29, 1.82) is 0 Å². The normalized spacial score (nSPS) is 28.1. The van der Waals surface area contributed by atoms with Gasteiger partial charge in [0.05, 0.1) is 20.6 Å². The fourth-order valence-electron chi connectivity index (χ4n) is 5.48. The predicted molar refractivity (Wildman–Crippen MR) is 116 cm³/mol. The van der Waals surface area contributed by atoms with E-state index in [2.05, 4.69) is 6.92 Å². The molecule has 1 aliphatic heterocycles. The monoisotopic (exact) mass is 409 g/mol. The summed E-state index contributed by atoms with van der Waals surface area (Å²) < 4.78 is 11.0. The van der Waals surface area contributed by atoms with Crippen molar-refractivity contribution in [2.45, 2.75) is 31.8 Å². The highest BCUT2D eigenvalue weighted by Crippen LogP contribution is 2.53. The SMILES string of the molecule is COc1ccccc1CC(=O)N1CC2CCC(C)C(O)(c3ccccc3OC)C2C1. The number of aliphatic hydroxyl groups is 1. The van der Waals surface area contributed by atoms with Crippen LogP contribution in [-0.4, -0.2) is 43.2 Å². The number of methoxy groups -OCH3 is 2. The van der Waals surface area contributed by atoms with Gasteiger partial charge < -0.3 is 19.5 Å². The molecule has 4 unspecified atom stereocenters. The van der Waals surface area contributed by atoms with E-state index in [9.17, 15) is 9.90 Å². The number of nitrogens with zero attached hydrogens (tertiary/aromatic N) is 1. The Morgan fingerprint density at radius 1 is 1.03 bits per heavy atom. The van der Waals surface area contributed by atoms with E-state index in [1.807, 2.05) is 53.4 Å². The lowest BCUT2D eigenvalue weighted by Gasteiger charge is -2.46. The van der Waals surface area contributed by atoms with Gasteiger partial charge in [-0.1, -0.05) is 43.3 Å². The van der Waals surface area contributed by atoms with Crippen LogP contribution in [0.1, 0.15) is 30.9 Å². The van der Waals surface area contributed by atoms with Crippen LogP contribution in [0.15, 0.2) is 48.5 Å². The quantitative estimate of drug-likeness (QED) is 0.819. The van der Waals surface area contributed by atoms with Crippen LogP contribution < -0.4 is 9.47 Å². The molecule has 2 aromatic rings. The second-order valence-electron chi connectivity index (χ2n) is 8.66. The number of para-hydroxylation sites is 2. The molecule has 160 valence electrons. The third-order valence-corrected chi connectivity index (χ3v) is 7.15. The average molecular weight is 410 g/mol. The van der Waals surface area contributed by atoms with Crippen LogP contribution in [0.4, 0.5) is 0 Å². The Bertz CT molecular complexity index is 914. The van der Waals surface area contributed by atoms with Gasteiger partial charge in [0, 0.05) is 30.1 Å². The van der Waals surface area contributed by atoms with E-state index in [0.29, 0.717) is 25.3 Å². The van der Waals surface area contributed by atoms with Gasteiger partial charge in [0.25, 0.3) is 0 Å². The van der Waals surface area contributed by atoms with Crippen molar-refractivity contribution >= 4 is 5.91 Å². The zero-order valence-corrected chi connectivity index (χ0v) is 18.0. The highest BCUT2D eigenvalue weighted by molar-refractivity contribution is 5.80. The maximum Gasteiger partial charge on any atom is 0.227 e. The van der Waals surface area contributed by atoms with E-state index in [0.717, 1.165) is 29.7 Å². The van der Waals surface area contributed by atoms with Crippen molar-refractivity contribution < 1.29 is 19.4 Å². The standard InChI is InChI=1S/C25H31NO4/c1-17-12-13-19-15-26(24(27)14-18-8-4-6-10-22(18)29-2)16-21(19)25(17,28)20-9-5-7-11-23(20)30-3/h4-11,17,19,21,28H,12-16H2,1-3H3. The molecular weight excluding hydrogens is 378 g/mol. The Morgan fingerprint density at radius 2 is 1.70 bits per heavy atom. The Morgan fingerprint density at radius 3 is 2.43 bits per heavy atom. The van der Waals surface area contributed by atoms with Gasteiger partial charge in [0.2, 0.25) is 5.91 Å². The molecule has 2 fully saturated rings. The van der Waals surface area contributed by atoms with Gasteiger partial charge in [-0.25, -0.2) is 0 Å². The van der Waals surface area contributed by atoms with Gasteiger partial charge in [-0.05, 0) is 36.8 Å². The van der Waals surface area contributed by atoms with Crippen molar-refractivity contribution in [3.05, 3.63) is 59.7 Å². The molecular formula is C25H31NO4. The summed E-state index contributed by atoms with van der Waals surface area (Å²) in [5.74, 6) is 1.92. The van der Waals surface area contributed by atoms with Crippen LogP contribution in [0, 0.1) is 17.8 Å². The van der Waals surface area contributed by atoms with E-state index < -0.39 is 5.60 Å². The molecule has 30 heavy (non-hydrogen) atoms. The average Bonchev–Trinajstić information content (AvgIpc) is 3.22. The minimum Gasteiger partial charge on any atom is -0.496 e. The number of carbonyl (C=O) groups excluding carboxylic acids is 1. The molecule has 1 heterocycles. The van der Waals surface area contributed by atoms with E-state index in [1.54, 1.807) is 14.2 Å². The molecule has 2 aromatic carbocycles. The first-order valence-corrected chi connectivity index (χ1v) is 10.7. The van der Waals surface area contributed by atoms with Gasteiger partial charge in [-0.3, -0.25) is 4.79 Å². The third kappa shape index (κ3) is 3.45. The summed E-state index contributed by atoms with van der Waals surface area (Å²) in [5.41, 5.74) is 0.733. The number of rotatable bonds is 5. The number of hydrogen-bond donors (Lipinski definition) is 1. The number of benzene rings is 2. The van der Waals surface area contributed by atoms with Crippen molar-refractivity contribution in [3.8, 4) is 11.5 Å². The summed E-state index contributed by atoms with van der Waals surface area (Å²) in [6, 6.07) is 15.4. The minimum absolute atomic E-state index is 0.000770. The van der Waals surface area contributed by atoms with Gasteiger partial charge in [0.1, 0.15) is 17.1 Å². The molecule has 4 rings (SSSR count). The molecule has 1 aliphatic carbocycles. The van der Waals surface area contributed by atoms with E-state index in [-0.39, 0.29) is 23.7 Å². The molecule has 0 radical (unpaired) electrons. The molecule has 1 saturated heterocycles. The number of amides is 1. The number of likely N-dealkylation sites (tertiary alicyclic amines) is 1. The number of carbonyl (C=O) groups is 1. The molecule has 5 nitrogen and oxygen atoms in total. The molecule has 5 heteroatoms. The number of fused-ring (bicyclic) bond motifs is 1. The van der Waals surface area contributed by atoms with Crippen LogP contribution in [0.25, 0.3) is 0 Å². The fourth-order valence-corrected chi connectivity index (χ4v) is 5.48. The third-order valence-electron chi connectivity index (χ3n) is 7.15. The van der Waals surface area contributed by atoms with Crippen molar-refractivity contribution in [3.63, 3.8) is 0 Å². The zero-order valence-electron chi connectivity index (χ0n) is 18.0. The minimum atomic E-state index is -1.00. The summed E-state index contributed by atoms with van der Waals surface area (Å²) in [6.45, 7) is 3.38. The van der Waals surface area contributed by atoms with Crippen LogP contribution in [-0.2, 0) is 16.8 Å². The Hall–Kier alpha value is -2.53. The molecule has 0 aromatic heterocycles. The number of hydrogen-bond acceptors (Lipinski definition) is 4. The molecule has 1 amide bonds. The molecule has 2 aliphatic rings. The fraction of sp³-hybridized carbons (Fsp3) is 0.480. The highest BCUT2D eigenvalue weighted by atomic mass is 16.5. The van der Waals surface area contributed by atoms with Crippen molar-refractivity contribution in [1.82, 2.24) is 4.90 Å². The maximum atomic E-state index is 13.1. The lowest BCUT2D eigenvalue weighted by Crippen LogP contribution is -2.48. The Kier molecular flexibility index (Phi) is 5.74. The van der Waals surface area contributed by atoms with Gasteiger partial charge >= 0.3 is 0 Å². The molecule has 0 bridgehead atoms. The van der Waals surface area contributed by atoms with E-state index >= 15 is 0 Å². The van der Waals surface area contributed by atoms with Gasteiger partial charge in [-0.2, -0.15) is 0 Å². The van der Waals surface area contributed by atoms with E-state index in [1.165, 1.54) is 0 Å². The maximum absolute atomic E-state index is 13.1. The first kappa shape index (κ1) is 20.7.